The molecule has 0 radical (unpaired) electrons. The SMILES string of the molecule is CCNC(=NCc1cc(N(C)C)nc2ccccc12)NCCNC(=O)C1CC1.I. The molecule has 1 aromatic heterocycles. The van der Waals surface area contributed by atoms with E-state index < -0.39 is 0 Å². The van der Waals surface area contributed by atoms with Gasteiger partial charge in [-0.3, -0.25) is 4.79 Å². The van der Waals surface area contributed by atoms with E-state index in [-0.39, 0.29) is 35.8 Å². The van der Waals surface area contributed by atoms with E-state index in [2.05, 4.69) is 28.1 Å². The van der Waals surface area contributed by atoms with Gasteiger partial charge in [0, 0.05) is 45.0 Å². The van der Waals surface area contributed by atoms with Gasteiger partial charge in [-0.2, -0.15) is 0 Å². The fourth-order valence-corrected chi connectivity index (χ4v) is 2.95. The lowest BCUT2D eigenvalue weighted by molar-refractivity contribution is -0.122. The van der Waals surface area contributed by atoms with Gasteiger partial charge in [0.2, 0.25) is 5.91 Å². The summed E-state index contributed by atoms with van der Waals surface area (Å²) in [5.41, 5.74) is 2.10. The minimum Gasteiger partial charge on any atom is -0.363 e. The van der Waals surface area contributed by atoms with Crippen molar-refractivity contribution in [3.63, 3.8) is 0 Å². The molecule has 1 amide bonds. The number of aromatic nitrogens is 1. The van der Waals surface area contributed by atoms with Crippen LogP contribution in [0.4, 0.5) is 5.82 Å². The number of benzene rings is 1. The van der Waals surface area contributed by atoms with Crippen LogP contribution in [0.5, 0.6) is 0 Å². The van der Waals surface area contributed by atoms with Crippen LogP contribution in [-0.4, -0.2) is 50.6 Å². The van der Waals surface area contributed by atoms with Gasteiger partial charge >= 0.3 is 0 Å². The lowest BCUT2D eigenvalue weighted by Crippen LogP contribution is -2.41. The number of rotatable bonds is 8. The average Bonchev–Trinajstić information content (AvgIpc) is 3.54. The Morgan fingerprint density at radius 1 is 1.17 bits per heavy atom. The van der Waals surface area contributed by atoms with Crippen molar-refractivity contribution in [2.75, 3.05) is 38.6 Å². The molecule has 1 aliphatic carbocycles. The number of hydrogen-bond acceptors (Lipinski definition) is 4. The first-order chi connectivity index (χ1) is 13.6. The van der Waals surface area contributed by atoms with Crippen LogP contribution in [-0.2, 0) is 11.3 Å². The summed E-state index contributed by atoms with van der Waals surface area (Å²) < 4.78 is 0. The third kappa shape index (κ3) is 6.73. The van der Waals surface area contributed by atoms with Crippen molar-refractivity contribution >= 4 is 52.6 Å². The number of carbonyl (C=O) groups excluding carboxylic acids is 1. The molecule has 0 atom stereocenters. The molecule has 3 rings (SSSR count). The highest BCUT2D eigenvalue weighted by atomic mass is 127. The smallest absolute Gasteiger partial charge is 0.223 e. The van der Waals surface area contributed by atoms with E-state index in [9.17, 15) is 4.79 Å². The fourth-order valence-electron chi connectivity index (χ4n) is 2.95. The molecule has 1 aromatic carbocycles. The van der Waals surface area contributed by atoms with Gasteiger partial charge in [-0.25, -0.2) is 9.98 Å². The molecule has 1 aliphatic rings. The second kappa shape index (κ2) is 11.2. The lowest BCUT2D eigenvalue weighted by Gasteiger charge is -2.15. The first kappa shape index (κ1) is 23.2. The number of carbonyl (C=O) groups is 1. The molecule has 1 fully saturated rings. The minimum absolute atomic E-state index is 0. The molecule has 8 heteroatoms. The summed E-state index contributed by atoms with van der Waals surface area (Å²) in [7, 11) is 3.98. The first-order valence-electron chi connectivity index (χ1n) is 9.94. The summed E-state index contributed by atoms with van der Waals surface area (Å²) in [6, 6.07) is 10.2. The van der Waals surface area contributed by atoms with E-state index in [0.717, 1.165) is 47.6 Å². The van der Waals surface area contributed by atoms with Crippen LogP contribution in [0, 0.1) is 5.92 Å². The molecule has 0 saturated heterocycles. The van der Waals surface area contributed by atoms with Crippen molar-refractivity contribution in [2.24, 2.45) is 10.9 Å². The number of anilines is 1. The van der Waals surface area contributed by atoms with Crippen molar-refractivity contribution in [3.8, 4) is 0 Å². The van der Waals surface area contributed by atoms with E-state index in [1.807, 2.05) is 44.1 Å². The molecule has 1 heterocycles. The van der Waals surface area contributed by atoms with Crippen molar-refractivity contribution in [3.05, 3.63) is 35.9 Å². The maximum atomic E-state index is 11.7. The molecule has 2 aromatic rings. The molecular formula is C21H31IN6O. The molecule has 0 spiro atoms. The number of pyridine rings is 1. The first-order valence-corrected chi connectivity index (χ1v) is 9.94. The second-order valence-electron chi connectivity index (χ2n) is 7.24. The van der Waals surface area contributed by atoms with E-state index in [0.29, 0.717) is 19.6 Å². The van der Waals surface area contributed by atoms with Crippen LogP contribution in [0.15, 0.2) is 35.3 Å². The predicted molar refractivity (Wildman–Crippen MR) is 130 cm³/mol. The topological polar surface area (TPSA) is 81.7 Å². The molecule has 29 heavy (non-hydrogen) atoms. The van der Waals surface area contributed by atoms with Gasteiger partial charge in [0.05, 0.1) is 12.1 Å². The van der Waals surface area contributed by atoms with E-state index in [1.54, 1.807) is 0 Å². The monoisotopic (exact) mass is 510 g/mol. The normalized spacial score (nSPS) is 13.6. The van der Waals surface area contributed by atoms with Crippen molar-refractivity contribution < 1.29 is 4.79 Å². The molecule has 7 nitrogen and oxygen atoms in total. The summed E-state index contributed by atoms with van der Waals surface area (Å²) in [6.07, 6.45) is 2.05. The molecule has 0 aliphatic heterocycles. The number of para-hydroxylation sites is 1. The summed E-state index contributed by atoms with van der Waals surface area (Å²) in [5, 5.41) is 10.6. The Labute approximate surface area is 189 Å². The summed E-state index contributed by atoms with van der Waals surface area (Å²) in [5.74, 6) is 2.08. The molecule has 0 unspecified atom stereocenters. The van der Waals surface area contributed by atoms with Crippen LogP contribution in [0.25, 0.3) is 10.9 Å². The summed E-state index contributed by atoms with van der Waals surface area (Å²) in [4.78, 5) is 23.1. The van der Waals surface area contributed by atoms with Crippen LogP contribution in [0.2, 0.25) is 0 Å². The number of halogens is 1. The van der Waals surface area contributed by atoms with Crippen LogP contribution in [0.1, 0.15) is 25.3 Å². The summed E-state index contributed by atoms with van der Waals surface area (Å²) >= 11 is 0. The second-order valence-corrected chi connectivity index (χ2v) is 7.24. The van der Waals surface area contributed by atoms with Gasteiger partial charge in [0.15, 0.2) is 5.96 Å². The van der Waals surface area contributed by atoms with Gasteiger partial charge in [-0.1, -0.05) is 18.2 Å². The number of nitrogens with one attached hydrogen (secondary N) is 3. The van der Waals surface area contributed by atoms with E-state index in [4.69, 9.17) is 9.98 Å². The molecule has 158 valence electrons. The highest BCUT2D eigenvalue weighted by molar-refractivity contribution is 14.0. The Balaban J connectivity index is 0.00000300. The van der Waals surface area contributed by atoms with Crippen LogP contribution >= 0.6 is 24.0 Å². The quantitative estimate of drug-likeness (QED) is 0.220. The van der Waals surface area contributed by atoms with Crippen LogP contribution < -0.4 is 20.9 Å². The Bertz CT molecular complexity index is 850. The number of fused-ring (bicyclic) bond motifs is 1. The zero-order valence-corrected chi connectivity index (χ0v) is 19.7. The molecular weight excluding hydrogens is 479 g/mol. The molecule has 3 N–H and O–H groups in total. The van der Waals surface area contributed by atoms with Crippen molar-refractivity contribution in [1.29, 1.82) is 0 Å². The Morgan fingerprint density at radius 2 is 1.90 bits per heavy atom. The molecule has 1 saturated carbocycles. The third-order valence-corrected chi connectivity index (χ3v) is 4.66. The Hall–Kier alpha value is -2.10. The maximum absolute atomic E-state index is 11.7. The van der Waals surface area contributed by atoms with Crippen molar-refractivity contribution in [2.45, 2.75) is 26.3 Å². The van der Waals surface area contributed by atoms with Gasteiger partial charge in [-0.15, -0.1) is 24.0 Å². The maximum Gasteiger partial charge on any atom is 0.223 e. The van der Waals surface area contributed by atoms with Gasteiger partial charge < -0.3 is 20.9 Å². The highest BCUT2D eigenvalue weighted by Crippen LogP contribution is 2.28. The number of aliphatic imine (C=N–C) groups is 1. The number of nitrogens with zero attached hydrogens (tertiary/aromatic N) is 3. The third-order valence-electron chi connectivity index (χ3n) is 4.66. The predicted octanol–water partition coefficient (Wildman–Crippen LogP) is 2.50. The van der Waals surface area contributed by atoms with Gasteiger partial charge in [0.1, 0.15) is 5.82 Å². The zero-order valence-electron chi connectivity index (χ0n) is 17.4. The summed E-state index contributed by atoms with van der Waals surface area (Å²) in [6.45, 7) is 4.61. The van der Waals surface area contributed by atoms with E-state index >= 15 is 0 Å². The lowest BCUT2D eigenvalue weighted by atomic mass is 10.1. The van der Waals surface area contributed by atoms with E-state index in [1.165, 1.54) is 0 Å². The highest BCUT2D eigenvalue weighted by Gasteiger charge is 2.28. The number of guanidine groups is 1. The average molecular weight is 510 g/mol. The standard InChI is InChI=1S/C21H30N6O.HI/c1-4-22-21(24-12-11-23-20(28)15-9-10-15)25-14-16-13-19(27(2)3)26-18-8-6-5-7-17(16)18;/h5-8,13,15H,4,9-12,14H2,1-3H3,(H,23,28)(H2,22,24,25);1H. The number of amides is 1. The Kier molecular flexibility index (Phi) is 8.94. The van der Waals surface area contributed by atoms with Crippen LogP contribution in [0.3, 0.4) is 0 Å². The number of hydrogen-bond donors (Lipinski definition) is 3. The molecule has 0 bridgehead atoms. The van der Waals surface area contributed by atoms with Gasteiger partial charge in [0.25, 0.3) is 0 Å². The van der Waals surface area contributed by atoms with Crippen molar-refractivity contribution in [1.82, 2.24) is 20.9 Å². The fraction of sp³-hybridized carbons (Fsp3) is 0.476. The van der Waals surface area contributed by atoms with Gasteiger partial charge in [-0.05, 0) is 37.5 Å². The zero-order chi connectivity index (χ0) is 19.9. The Morgan fingerprint density at radius 3 is 2.59 bits per heavy atom. The largest absolute Gasteiger partial charge is 0.363 e. The minimum atomic E-state index is 0.